The molecular formula is C31H23BrN2O5. The molecule has 4 aromatic carbocycles. The Morgan fingerprint density at radius 2 is 1.77 bits per heavy atom. The molecule has 5 rings (SSSR count). The van der Waals surface area contributed by atoms with Gasteiger partial charge in [-0.2, -0.15) is 5.26 Å². The summed E-state index contributed by atoms with van der Waals surface area (Å²) in [4.78, 5) is 12.7. The lowest BCUT2D eigenvalue weighted by Gasteiger charge is -2.27. The highest BCUT2D eigenvalue weighted by atomic mass is 79.9. The number of halogens is 1. The third-order valence-electron chi connectivity index (χ3n) is 6.25. The average Bonchev–Trinajstić information content (AvgIpc) is 2.96. The van der Waals surface area contributed by atoms with Gasteiger partial charge in [-0.05, 0) is 57.4 Å². The van der Waals surface area contributed by atoms with Gasteiger partial charge in [0.1, 0.15) is 29.7 Å². The SMILES string of the molecule is COc1cc(C2C(C#N)=C(N)Oc3cc(OC(=O)c4ccccc4Br)ccc32)ccc1OCc1ccccc1. The van der Waals surface area contributed by atoms with Crippen molar-refractivity contribution in [1.82, 2.24) is 0 Å². The van der Waals surface area contributed by atoms with Crippen molar-refractivity contribution in [2.75, 3.05) is 7.11 Å². The van der Waals surface area contributed by atoms with Crippen LogP contribution in [0.3, 0.4) is 0 Å². The molecule has 1 unspecified atom stereocenters. The highest BCUT2D eigenvalue weighted by molar-refractivity contribution is 9.10. The molecular weight excluding hydrogens is 560 g/mol. The molecule has 1 heterocycles. The first-order valence-corrected chi connectivity index (χ1v) is 12.8. The maximum absolute atomic E-state index is 12.7. The number of hydrogen-bond donors (Lipinski definition) is 1. The van der Waals surface area contributed by atoms with Crippen molar-refractivity contribution >= 4 is 21.9 Å². The van der Waals surface area contributed by atoms with Crippen molar-refractivity contribution in [3.8, 4) is 29.1 Å². The predicted octanol–water partition coefficient (Wildman–Crippen LogP) is 6.47. The number of fused-ring (bicyclic) bond motifs is 1. The number of nitriles is 1. The monoisotopic (exact) mass is 582 g/mol. The van der Waals surface area contributed by atoms with Gasteiger partial charge in [0.15, 0.2) is 11.5 Å². The quantitative estimate of drug-likeness (QED) is 0.196. The van der Waals surface area contributed by atoms with E-state index in [0.717, 1.165) is 11.1 Å². The van der Waals surface area contributed by atoms with Crippen LogP contribution in [0.15, 0.2) is 107 Å². The van der Waals surface area contributed by atoms with Crippen LogP contribution in [0.4, 0.5) is 0 Å². The van der Waals surface area contributed by atoms with Gasteiger partial charge in [-0.15, -0.1) is 0 Å². The Bertz CT molecular complexity index is 1610. The molecule has 0 aromatic heterocycles. The first-order chi connectivity index (χ1) is 19.0. The smallest absolute Gasteiger partial charge is 0.344 e. The van der Waals surface area contributed by atoms with E-state index >= 15 is 0 Å². The van der Waals surface area contributed by atoms with Crippen LogP contribution in [0, 0.1) is 11.3 Å². The summed E-state index contributed by atoms with van der Waals surface area (Å²) >= 11 is 3.37. The lowest BCUT2D eigenvalue weighted by atomic mass is 9.83. The highest BCUT2D eigenvalue weighted by Gasteiger charge is 2.32. The van der Waals surface area contributed by atoms with Gasteiger partial charge in [-0.25, -0.2) is 4.79 Å². The molecule has 4 aromatic rings. The first-order valence-electron chi connectivity index (χ1n) is 12.0. The Morgan fingerprint density at radius 1 is 1.00 bits per heavy atom. The molecule has 0 amide bonds. The molecule has 0 fully saturated rings. The number of rotatable bonds is 7. The van der Waals surface area contributed by atoms with E-state index in [2.05, 4.69) is 22.0 Å². The minimum atomic E-state index is -0.524. The van der Waals surface area contributed by atoms with E-state index in [-0.39, 0.29) is 17.2 Å². The normalized spacial score (nSPS) is 14.0. The van der Waals surface area contributed by atoms with Crippen LogP contribution < -0.4 is 24.7 Å². The van der Waals surface area contributed by atoms with E-state index in [1.54, 1.807) is 43.5 Å². The van der Waals surface area contributed by atoms with Gasteiger partial charge in [0.05, 0.1) is 18.6 Å². The highest BCUT2D eigenvalue weighted by Crippen LogP contribution is 2.45. The second-order valence-corrected chi connectivity index (χ2v) is 9.53. The Kier molecular flexibility index (Phi) is 7.53. The molecule has 0 radical (unpaired) electrons. The van der Waals surface area contributed by atoms with Gasteiger partial charge in [-0.3, -0.25) is 0 Å². The van der Waals surface area contributed by atoms with Crippen LogP contribution in [-0.4, -0.2) is 13.1 Å². The maximum Gasteiger partial charge on any atom is 0.344 e. The van der Waals surface area contributed by atoms with Gasteiger partial charge < -0.3 is 24.7 Å². The van der Waals surface area contributed by atoms with Crippen molar-refractivity contribution in [1.29, 1.82) is 5.26 Å². The molecule has 0 aliphatic carbocycles. The number of hydrogen-bond acceptors (Lipinski definition) is 7. The van der Waals surface area contributed by atoms with E-state index in [0.29, 0.717) is 39.5 Å². The molecule has 39 heavy (non-hydrogen) atoms. The summed E-state index contributed by atoms with van der Waals surface area (Å²) in [7, 11) is 1.56. The Balaban J connectivity index is 1.45. The van der Waals surface area contributed by atoms with E-state index in [4.69, 9.17) is 24.7 Å². The van der Waals surface area contributed by atoms with Crippen LogP contribution in [-0.2, 0) is 6.61 Å². The van der Waals surface area contributed by atoms with Crippen molar-refractivity contribution in [3.05, 3.63) is 129 Å². The number of nitrogens with two attached hydrogens (primary N) is 1. The van der Waals surface area contributed by atoms with Gasteiger partial charge in [-0.1, -0.05) is 54.6 Å². The zero-order valence-electron chi connectivity index (χ0n) is 20.9. The summed E-state index contributed by atoms with van der Waals surface area (Å²) in [6.45, 7) is 0.383. The third-order valence-corrected chi connectivity index (χ3v) is 6.94. The molecule has 0 spiro atoms. The van der Waals surface area contributed by atoms with Gasteiger partial charge in [0.2, 0.25) is 5.88 Å². The molecule has 194 valence electrons. The van der Waals surface area contributed by atoms with Crippen molar-refractivity contribution in [3.63, 3.8) is 0 Å². The first kappa shape index (κ1) is 25.9. The molecule has 1 atom stereocenters. The minimum Gasteiger partial charge on any atom is -0.493 e. The second-order valence-electron chi connectivity index (χ2n) is 8.68. The van der Waals surface area contributed by atoms with Gasteiger partial charge in [0, 0.05) is 16.1 Å². The van der Waals surface area contributed by atoms with E-state index < -0.39 is 11.9 Å². The number of esters is 1. The van der Waals surface area contributed by atoms with Gasteiger partial charge in [0.25, 0.3) is 0 Å². The maximum atomic E-state index is 12.7. The zero-order valence-corrected chi connectivity index (χ0v) is 22.5. The van der Waals surface area contributed by atoms with Crippen LogP contribution >= 0.6 is 15.9 Å². The Morgan fingerprint density at radius 3 is 2.51 bits per heavy atom. The molecule has 8 heteroatoms. The van der Waals surface area contributed by atoms with Crippen LogP contribution in [0.2, 0.25) is 0 Å². The minimum absolute atomic E-state index is 0.0207. The summed E-state index contributed by atoms with van der Waals surface area (Å²) in [6, 6.07) is 29.5. The number of benzene rings is 4. The Hall–Kier alpha value is -4.74. The summed E-state index contributed by atoms with van der Waals surface area (Å²) < 4.78 is 23.6. The van der Waals surface area contributed by atoms with E-state index in [1.165, 1.54) is 0 Å². The fraction of sp³-hybridized carbons (Fsp3) is 0.0968. The molecule has 1 aliphatic heterocycles. The van der Waals surface area contributed by atoms with Gasteiger partial charge >= 0.3 is 5.97 Å². The average molecular weight is 583 g/mol. The van der Waals surface area contributed by atoms with Crippen molar-refractivity contribution < 1.29 is 23.7 Å². The molecule has 0 saturated heterocycles. The zero-order chi connectivity index (χ0) is 27.4. The van der Waals surface area contributed by atoms with Crippen LogP contribution in [0.25, 0.3) is 0 Å². The summed E-state index contributed by atoms with van der Waals surface area (Å²) in [5, 5.41) is 9.94. The fourth-order valence-electron chi connectivity index (χ4n) is 4.35. The molecule has 1 aliphatic rings. The second kappa shape index (κ2) is 11.3. The molecule has 0 bridgehead atoms. The lowest BCUT2D eigenvalue weighted by molar-refractivity contribution is 0.0733. The summed E-state index contributed by atoms with van der Waals surface area (Å²) in [6.07, 6.45) is 0. The molecule has 2 N–H and O–H groups in total. The van der Waals surface area contributed by atoms with E-state index in [9.17, 15) is 10.1 Å². The summed E-state index contributed by atoms with van der Waals surface area (Å²) in [5.41, 5.74) is 9.32. The van der Waals surface area contributed by atoms with Crippen molar-refractivity contribution in [2.24, 2.45) is 5.73 Å². The van der Waals surface area contributed by atoms with E-state index in [1.807, 2.05) is 54.6 Å². The number of carbonyl (C=O) groups is 1. The third kappa shape index (κ3) is 5.44. The number of ether oxygens (including phenoxy) is 4. The standard InChI is InChI=1S/C31H23BrN2O5/c1-36-28-15-20(11-14-26(28)37-18-19-7-3-2-4-8-19)29-23-13-12-21(16-27(23)39-30(34)24(29)17-33)38-31(35)22-9-5-6-10-25(22)32/h2-16,29H,18,34H2,1H3. The molecule has 7 nitrogen and oxygen atoms in total. The predicted molar refractivity (Wildman–Crippen MR) is 149 cm³/mol. The topological polar surface area (TPSA) is 104 Å². The number of nitrogens with zero attached hydrogens (tertiary/aromatic N) is 1. The van der Waals surface area contributed by atoms with Crippen LogP contribution in [0.5, 0.6) is 23.0 Å². The number of methoxy groups -OCH3 is 1. The fourth-order valence-corrected chi connectivity index (χ4v) is 4.80. The number of carbonyl (C=O) groups excluding carboxylic acids is 1. The van der Waals surface area contributed by atoms with Crippen LogP contribution in [0.1, 0.15) is 33.0 Å². The van der Waals surface area contributed by atoms with Crippen molar-refractivity contribution in [2.45, 2.75) is 12.5 Å². The largest absolute Gasteiger partial charge is 0.493 e. The number of allylic oxidation sites excluding steroid dienone is 1. The molecule has 0 saturated carbocycles. The Labute approximate surface area is 234 Å². The lowest BCUT2D eigenvalue weighted by Crippen LogP contribution is -2.21. The summed E-state index contributed by atoms with van der Waals surface area (Å²) in [5.74, 6) is 0.692.